The second-order valence-corrected chi connectivity index (χ2v) is 8.01. The average Bonchev–Trinajstić information content (AvgIpc) is 2.80. The first-order valence-corrected chi connectivity index (χ1v) is 10.6. The molecule has 1 aromatic heterocycles. The maximum absolute atomic E-state index is 12.2. The van der Waals surface area contributed by atoms with Crippen molar-refractivity contribution in [2.75, 3.05) is 14.2 Å². The number of amides is 1. The van der Waals surface area contributed by atoms with Crippen LogP contribution in [-0.4, -0.2) is 48.1 Å². The van der Waals surface area contributed by atoms with Crippen LogP contribution >= 0.6 is 12.4 Å². The van der Waals surface area contributed by atoms with Crippen molar-refractivity contribution in [2.45, 2.75) is 75.3 Å². The fraction of sp³-hybridized carbons (Fsp3) is 0.636. The number of nitrogens with zero attached hydrogens (tertiary/aromatic N) is 1. The zero-order chi connectivity index (χ0) is 22.0. The molecule has 2 fully saturated rings. The summed E-state index contributed by atoms with van der Waals surface area (Å²) in [6, 6.07) is 5.12. The lowest BCUT2D eigenvalue weighted by molar-refractivity contribution is -0.150. The Hall–Kier alpha value is -2.19. The van der Waals surface area contributed by atoms with E-state index in [4.69, 9.17) is 10.5 Å². The summed E-state index contributed by atoms with van der Waals surface area (Å²) >= 11 is 0. The van der Waals surface area contributed by atoms with Crippen molar-refractivity contribution in [2.24, 2.45) is 5.73 Å². The van der Waals surface area contributed by atoms with E-state index in [0.29, 0.717) is 18.5 Å². The summed E-state index contributed by atoms with van der Waals surface area (Å²) in [5, 5.41) is 2.82. The molecular formula is C22H34ClN3O5. The summed E-state index contributed by atoms with van der Waals surface area (Å²) in [6.07, 6.45) is 10.6. The Kier molecular flexibility index (Phi) is 10.9. The SMILES string of the molecule is COC(=O)C1(N)CCCCC1.COC(=O)C1(NC(=O)c2ccccn2)CCCCC1.Cl. The molecule has 1 heterocycles. The third-order valence-corrected chi connectivity index (χ3v) is 5.87. The number of esters is 2. The fourth-order valence-electron chi connectivity index (χ4n) is 4.10. The van der Waals surface area contributed by atoms with Gasteiger partial charge in [-0.05, 0) is 37.8 Å². The Labute approximate surface area is 190 Å². The van der Waals surface area contributed by atoms with Gasteiger partial charge in [-0.1, -0.05) is 44.6 Å². The first-order chi connectivity index (χ1) is 14.4. The molecule has 0 radical (unpaired) electrons. The van der Waals surface area contributed by atoms with Gasteiger partial charge in [-0.3, -0.25) is 14.6 Å². The highest BCUT2D eigenvalue weighted by Gasteiger charge is 2.42. The van der Waals surface area contributed by atoms with E-state index < -0.39 is 11.1 Å². The summed E-state index contributed by atoms with van der Waals surface area (Å²) in [5.41, 5.74) is 4.59. The molecule has 1 aromatic rings. The van der Waals surface area contributed by atoms with Gasteiger partial charge in [0.25, 0.3) is 5.91 Å². The number of nitrogens with two attached hydrogens (primary N) is 1. The standard InChI is InChI=1S/C14H18N2O3.C8H15NO2.ClH/c1-19-13(18)14(8-4-2-5-9-14)16-12(17)11-7-3-6-10-15-11;1-11-7(10)8(9)5-3-2-4-6-8;/h3,6-7,10H,2,4-5,8-9H2,1H3,(H,16,17);2-6,9H2,1H3;1H. The molecule has 2 saturated carbocycles. The van der Waals surface area contributed by atoms with Crippen molar-refractivity contribution < 1.29 is 23.9 Å². The third-order valence-electron chi connectivity index (χ3n) is 5.87. The first-order valence-electron chi connectivity index (χ1n) is 10.6. The highest BCUT2D eigenvalue weighted by molar-refractivity contribution is 5.96. The number of hydrogen-bond acceptors (Lipinski definition) is 7. The van der Waals surface area contributed by atoms with Gasteiger partial charge in [-0.2, -0.15) is 0 Å². The number of methoxy groups -OCH3 is 2. The molecule has 0 bridgehead atoms. The van der Waals surface area contributed by atoms with Crippen molar-refractivity contribution in [3.8, 4) is 0 Å². The number of aromatic nitrogens is 1. The number of hydrogen-bond donors (Lipinski definition) is 2. The lowest BCUT2D eigenvalue weighted by Gasteiger charge is -2.35. The summed E-state index contributed by atoms with van der Waals surface area (Å²) in [6.45, 7) is 0. The molecule has 1 amide bonds. The smallest absolute Gasteiger partial charge is 0.331 e. The number of halogens is 1. The summed E-state index contributed by atoms with van der Waals surface area (Å²) < 4.78 is 9.48. The molecule has 3 N–H and O–H groups in total. The number of pyridine rings is 1. The molecule has 0 atom stereocenters. The molecule has 0 unspecified atom stereocenters. The molecular weight excluding hydrogens is 422 g/mol. The van der Waals surface area contributed by atoms with Crippen LogP contribution in [0, 0.1) is 0 Å². The first kappa shape index (κ1) is 26.8. The van der Waals surface area contributed by atoms with Crippen LogP contribution in [0.4, 0.5) is 0 Å². The van der Waals surface area contributed by atoms with Gasteiger partial charge >= 0.3 is 11.9 Å². The number of nitrogens with one attached hydrogen (secondary N) is 1. The summed E-state index contributed by atoms with van der Waals surface area (Å²) in [4.78, 5) is 39.3. The molecule has 174 valence electrons. The van der Waals surface area contributed by atoms with E-state index >= 15 is 0 Å². The van der Waals surface area contributed by atoms with Crippen LogP contribution < -0.4 is 11.1 Å². The van der Waals surface area contributed by atoms with Gasteiger partial charge in [0.1, 0.15) is 16.8 Å². The molecule has 2 aliphatic carbocycles. The van der Waals surface area contributed by atoms with Crippen molar-refractivity contribution in [1.29, 1.82) is 0 Å². The van der Waals surface area contributed by atoms with Gasteiger partial charge in [0.2, 0.25) is 0 Å². The number of carbonyl (C=O) groups excluding carboxylic acids is 3. The predicted octanol–water partition coefficient (Wildman–Crippen LogP) is 2.93. The highest BCUT2D eigenvalue weighted by atomic mass is 35.5. The fourth-order valence-corrected chi connectivity index (χ4v) is 4.10. The van der Waals surface area contributed by atoms with Gasteiger partial charge in [0.15, 0.2) is 0 Å². The molecule has 8 nitrogen and oxygen atoms in total. The Morgan fingerprint density at radius 1 is 0.903 bits per heavy atom. The van der Waals surface area contributed by atoms with Gasteiger partial charge in [0.05, 0.1) is 14.2 Å². The largest absolute Gasteiger partial charge is 0.468 e. The molecule has 0 saturated heterocycles. The zero-order valence-corrected chi connectivity index (χ0v) is 19.2. The van der Waals surface area contributed by atoms with Crippen molar-refractivity contribution in [1.82, 2.24) is 10.3 Å². The molecule has 0 aliphatic heterocycles. The maximum atomic E-state index is 12.2. The van der Waals surface area contributed by atoms with Crippen LogP contribution in [-0.2, 0) is 19.1 Å². The Bertz CT molecular complexity index is 717. The topological polar surface area (TPSA) is 121 Å². The number of carbonyl (C=O) groups is 3. The zero-order valence-electron chi connectivity index (χ0n) is 18.4. The minimum Gasteiger partial charge on any atom is -0.468 e. The average molecular weight is 456 g/mol. The Balaban J connectivity index is 0.000000344. The quantitative estimate of drug-likeness (QED) is 0.669. The monoisotopic (exact) mass is 455 g/mol. The van der Waals surface area contributed by atoms with Crippen LogP contribution in [0.25, 0.3) is 0 Å². The number of rotatable bonds is 4. The van der Waals surface area contributed by atoms with E-state index in [-0.39, 0.29) is 30.3 Å². The molecule has 0 aromatic carbocycles. The molecule has 2 aliphatic rings. The second-order valence-electron chi connectivity index (χ2n) is 8.01. The van der Waals surface area contributed by atoms with E-state index in [2.05, 4.69) is 15.0 Å². The third kappa shape index (κ3) is 7.18. The van der Waals surface area contributed by atoms with Gasteiger partial charge in [-0.15, -0.1) is 12.4 Å². The lowest BCUT2D eigenvalue weighted by atomic mass is 9.81. The molecule has 0 spiro atoms. The normalized spacial score (nSPS) is 18.8. The van der Waals surface area contributed by atoms with Crippen LogP contribution in [0.3, 0.4) is 0 Å². The minimum absolute atomic E-state index is 0. The lowest BCUT2D eigenvalue weighted by Crippen LogP contribution is -2.56. The van der Waals surface area contributed by atoms with E-state index in [1.165, 1.54) is 20.6 Å². The van der Waals surface area contributed by atoms with Crippen molar-refractivity contribution >= 4 is 30.3 Å². The molecule has 31 heavy (non-hydrogen) atoms. The van der Waals surface area contributed by atoms with Gasteiger partial charge in [0, 0.05) is 6.20 Å². The highest BCUT2D eigenvalue weighted by Crippen LogP contribution is 2.29. The van der Waals surface area contributed by atoms with Crippen LogP contribution in [0.2, 0.25) is 0 Å². The van der Waals surface area contributed by atoms with Crippen molar-refractivity contribution in [3.63, 3.8) is 0 Å². The summed E-state index contributed by atoms with van der Waals surface area (Å²) in [5.74, 6) is -0.943. The van der Waals surface area contributed by atoms with E-state index in [0.717, 1.165) is 44.9 Å². The van der Waals surface area contributed by atoms with Gasteiger partial charge in [-0.25, -0.2) is 4.79 Å². The van der Waals surface area contributed by atoms with Crippen molar-refractivity contribution in [3.05, 3.63) is 30.1 Å². The Morgan fingerprint density at radius 3 is 1.94 bits per heavy atom. The minimum atomic E-state index is -0.887. The Morgan fingerprint density at radius 2 is 1.45 bits per heavy atom. The second kappa shape index (κ2) is 12.6. The van der Waals surface area contributed by atoms with E-state index in [1.54, 1.807) is 24.4 Å². The maximum Gasteiger partial charge on any atom is 0.331 e. The van der Waals surface area contributed by atoms with Crippen LogP contribution in [0.1, 0.15) is 74.7 Å². The summed E-state index contributed by atoms with van der Waals surface area (Å²) in [7, 11) is 2.75. The van der Waals surface area contributed by atoms with E-state index in [1.807, 2.05) is 0 Å². The molecule has 9 heteroatoms. The molecule has 3 rings (SSSR count). The predicted molar refractivity (Wildman–Crippen MR) is 119 cm³/mol. The van der Waals surface area contributed by atoms with Crippen LogP contribution in [0.15, 0.2) is 24.4 Å². The van der Waals surface area contributed by atoms with E-state index in [9.17, 15) is 14.4 Å². The van der Waals surface area contributed by atoms with Crippen LogP contribution in [0.5, 0.6) is 0 Å². The van der Waals surface area contributed by atoms with Gasteiger partial charge < -0.3 is 20.5 Å². The number of ether oxygens (including phenoxy) is 2.